The van der Waals surface area contributed by atoms with Crippen LogP contribution in [0.5, 0.6) is 5.75 Å². The molecule has 2 rings (SSSR count). The summed E-state index contributed by atoms with van der Waals surface area (Å²) in [5.74, 6) is 0.520. The molecule has 0 saturated carbocycles. The summed E-state index contributed by atoms with van der Waals surface area (Å²) in [5.41, 5.74) is 6.95. The lowest BCUT2D eigenvalue weighted by molar-refractivity contribution is 0.405. The van der Waals surface area contributed by atoms with Crippen LogP contribution in [0.2, 0.25) is 0 Å². The van der Waals surface area contributed by atoms with E-state index in [2.05, 4.69) is 0 Å². The standard InChI is InChI=1S/C15H16FNOS/c1-10(17)15-13(18-2)7-4-8-14(15)19-12-6-3-5-11(16)9-12/h3-10H,17H2,1-2H3. The van der Waals surface area contributed by atoms with Gasteiger partial charge >= 0.3 is 0 Å². The average Bonchev–Trinajstić information content (AvgIpc) is 2.38. The molecular formula is C15H16FNOS. The molecule has 2 aromatic rings. The van der Waals surface area contributed by atoms with Gasteiger partial charge in [-0.15, -0.1) is 0 Å². The second-order valence-corrected chi connectivity index (χ2v) is 5.34. The van der Waals surface area contributed by atoms with Gasteiger partial charge in [0.2, 0.25) is 0 Å². The number of methoxy groups -OCH3 is 1. The molecule has 1 atom stereocenters. The second kappa shape index (κ2) is 6.08. The number of nitrogens with two attached hydrogens (primary N) is 1. The molecule has 0 amide bonds. The highest BCUT2D eigenvalue weighted by molar-refractivity contribution is 7.99. The first kappa shape index (κ1) is 13.9. The first-order chi connectivity index (χ1) is 9.11. The fourth-order valence-corrected chi connectivity index (χ4v) is 3.01. The summed E-state index contributed by atoms with van der Waals surface area (Å²) < 4.78 is 18.6. The third-order valence-corrected chi connectivity index (χ3v) is 3.79. The molecule has 0 spiro atoms. The van der Waals surface area contributed by atoms with Crippen LogP contribution in [0.25, 0.3) is 0 Å². The van der Waals surface area contributed by atoms with Crippen LogP contribution in [-0.2, 0) is 0 Å². The highest BCUT2D eigenvalue weighted by Gasteiger charge is 2.14. The van der Waals surface area contributed by atoms with Gasteiger partial charge in [-0.1, -0.05) is 23.9 Å². The first-order valence-corrected chi connectivity index (χ1v) is 6.79. The van der Waals surface area contributed by atoms with Crippen LogP contribution in [0.15, 0.2) is 52.3 Å². The highest BCUT2D eigenvalue weighted by Crippen LogP contribution is 2.37. The van der Waals surface area contributed by atoms with Gasteiger partial charge in [-0.2, -0.15) is 0 Å². The third kappa shape index (κ3) is 3.28. The summed E-state index contributed by atoms with van der Waals surface area (Å²) >= 11 is 1.49. The Bertz CT molecular complexity index is 572. The minimum absolute atomic E-state index is 0.146. The maximum Gasteiger partial charge on any atom is 0.124 e. The molecule has 0 bridgehead atoms. The molecule has 0 heterocycles. The molecule has 19 heavy (non-hydrogen) atoms. The number of halogens is 1. The Balaban J connectivity index is 2.39. The highest BCUT2D eigenvalue weighted by atomic mass is 32.2. The Hall–Kier alpha value is -1.52. The van der Waals surface area contributed by atoms with Crippen molar-refractivity contribution in [1.29, 1.82) is 0 Å². The van der Waals surface area contributed by atoms with Gasteiger partial charge in [-0.05, 0) is 37.3 Å². The third-order valence-electron chi connectivity index (χ3n) is 2.73. The van der Waals surface area contributed by atoms with E-state index in [4.69, 9.17) is 10.5 Å². The summed E-state index contributed by atoms with van der Waals surface area (Å²) in [6.45, 7) is 1.91. The van der Waals surface area contributed by atoms with Crippen molar-refractivity contribution in [3.05, 3.63) is 53.8 Å². The minimum Gasteiger partial charge on any atom is -0.496 e. The van der Waals surface area contributed by atoms with Crippen LogP contribution < -0.4 is 10.5 Å². The Morgan fingerprint density at radius 3 is 2.58 bits per heavy atom. The van der Waals surface area contributed by atoms with Crippen LogP contribution in [0, 0.1) is 5.82 Å². The van der Waals surface area contributed by atoms with Crippen molar-refractivity contribution >= 4 is 11.8 Å². The molecule has 2 nitrogen and oxygen atoms in total. The van der Waals surface area contributed by atoms with E-state index in [9.17, 15) is 4.39 Å². The lowest BCUT2D eigenvalue weighted by Crippen LogP contribution is -2.08. The summed E-state index contributed by atoms with van der Waals surface area (Å²) in [4.78, 5) is 1.83. The van der Waals surface area contributed by atoms with E-state index >= 15 is 0 Å². The average molecular weight is 277 g/mol. The van der Waals surface area contributed by atoms with Crippen molar-refractivity contribution in [3.8, 4) is 5.75 Å². The van der Waals surface area contributed by atoms with E-state index in [-0.39, 0.29) is 11.9 Å². The van der Waals surface area contributed by atoms with E-state index < -0.39 is 0 Å². The van der Waals surface area contributed by atoms with Gasteiger partial charge in [-0.25, -0.2) is 4.39 Å². The van der Waals surface area contributed by atoms with Crippen LogP contribution in [-0.4, -0.2) is 7.11 Å². The molecule has 2 aromatic carbocycles. The Kier molecular flexibility index (Phi) is 4.45. The molecule has 0 aliphatic heterocycles. The molecule has 2 N–H and O–H groups in total. The van der Waals surface area contributed by atoms with E-state index in [1.807, 2.05) is 31.2 Å². The molecule has 100 valence electrons. The zero-order valence-corrected chi connectivity index (χ0v) is 11.7. The van der Waals surface area contributed by atoms with Gasteiger partial charge in [0, 0.05) is 21.4 Å². The maximum atomic E-state index is 13.2. The minimum atomic E-state index is -0.241. The Labute approximate surface area is 116 Å². The van der Waals surface area contributed by atoms with Gasteiger partial charge in [0.1, 0.15) is 11.6 Å². The van der Waals surface area contributed by atoms with Crippen LogP contribution in [0.4, 0.5) is 4.39 Å². The predicted octanol–water partition coefficient (Wildman–Crippen LogP) is 4.01. The summed E-state index contributed by atoms with van der Waals surface area (Å²) in [5, 5.41) is 0. The Morgan fingerprint density at radius 1 is 1.21 bits per heavy atom. The number of hydrogen-bond donors (Lipinski definition) is 1. The summed E-state index contributed by atoms with van der Waals surface area (Å²) in [6, 6.07) is 12.1. The zero-order chi connectivity index (χ0) is 13.8. The van der Waals surface area contributed by atoms with Gasteiger partial charge in [0.15, 0.2) is 0 Å². The van der Waals surface area contributed by atoms with Crippen molar-refractivity contribution in [2.24, 2.45) is 5.73 Å². The van der Waals surface area contributed by atoms with Crippen molar-refractivity contribution < 1.29 is 9.13 Å². The van der Waals surface area contributed by atoms with E-state index in [1.165, 1.54) is 23.9 Å². The van der Waals surface area contributed by atoms with Crippen LogP contribution in [0.1, 0.15) is 18.5 Å². The van der Waals surface area contributed by atoms with Gasteiger partial charge in [0.25, 0.3) is 0 Å². The molecule has 0 radical (unpaired) electrons. The number of hydrogen-bond acceptors (Lipinski definition) is 3. The van der Waals surface area contributed by atoms with Crippen molar-refractivity contribution in [3.63, 3.8) is 0 Å². The van der Waals surface area contributed by atoms with Crippen molar-refractivity contribution in [2.45, 2.75) is 22.8 Å². The van der Waals surface area contributed by atoms with E-state index in [0.717, 1.165) is 21.1 Å². The molecular weight excluding hydrogens is 261 g/mol. The van der Waals surface area contributed by atoms with Gasteiger partial charge in [0.05, 0.1) is 7.11 Å². The quantitative estimate of drug-likeness (QED) is 0.917. The molecule has 4 heteroatoms. The fourth-order valence-electron chi connectivity index (χ4n) is 1.90. The SMILES string of the molecule is COc1cccc(Sc2cccc(F)c2)c1C(C)N. The van der Waals surface area contributed by atoms with Crippen molar-refractivity contribution in [1.82, 2.24) is 0 Å². The number of ether oxygens (including phenoxy) is 1. The first-order valence-electron chi connectivity index (χ1n) is 5.97. The lowest BCUT2D eigenvalue weighted by atomic mass is 10.1. The monoisotopic (exact) mass is 277 g/mol. The Morgan fingerprint density at radius 2 is 1.95 bits per heavy atom. The fraction of sp³-hybridized carbons (Fsp3) is 0.200. The normalized spacial score (nSPS) is 12.2. The maximum absolute atomic E-state index is 13.2. The molecule has 1 unspecified atom stereocenters. The lowest BCUT2D eigenvalue weighted by Gasteiger charge is -2.16. The molecule has 0 aliphatic rings. The topological polar surface area (TPSA) is 35.2 Å². The largest absolute Gasteiger partial charge is 0.496 e. The zero-order valence-electron chi connectivity index (χ0n) is 10.9. The predicted molar refractivity (Wildman–Crippen MR) is 76.1 cm³/mol. The van der Waals surface area contributed by atoms with Gasteiger partial charge < -0.3 is 10.5 Å². The van der Waals surface area contributed by atoms with Gasteiger partial charge in [-0.3, -0.25) is 0 Å². The van der Waals surface area contributed by atoms with Crippen molar-refractivity contribution in [2.75, 3.05) is 7.11 Å². The molecule has 0 aromatic heterocycles. The van der Waals surface area contributed by atoms with E-state index in [1.54, 1.807) is 13.2 Å². The summed E-state index contributed by atoms with van der Waals surface area (Å²) in [6.07, 6.45) is 0. The number of rotatable bonds is 4. The summed E-state index contributed by atoms with van der Waals surface area (Å²) in [7, 11) is 1.62. The van der Waals surface area contributed by atoms with Crippen LogP contribution >= 0.6 is 11.8 Å². The number of benzene rings is 2. The second-order valence-electron chi connectivity index (χ2n) is 4.22. The molecule has 0 aliphatic carbocycles. The van der Waals surface area contributed by atoms with E-state index in [0.29, 0.717) is 0 Å². The molecule has 0 fully saturated rings. The molecule has 0 saturated heterocycles. The smallest absolute Gasteiger partial charge is 0.124 e. The van der Waals surface area contributed by atoms with Crippen LogP contribution in [0.3, 0.4) is 0 Å².